The van der Waals surface area contributed by atoms with Crippen LogP contribution in [-0.4, -0.2) is 31.3 Å². The van der Waals surface area contributed by atoms with E-state index in [0.29, 0.717) is 29.5 Å². The second-order valence-electron chi connectivity index (χ2n) is 4.56. The molecule has 2 aromatic heterocycles. The van der Waals surface area contributed by atoms with Gasteiger partial charge in [0.2, 0.25) is 0 Å². The normalized spacial score (nSPS) is 10.5. The summed E-state index contributed by atoms with van der Waals surface area (Å²) in [6.45, 7) is 2.88. The molecule has 0 aliphatic heterocycles. The molecule has 0 saturated carbocycles. The molecule has 0 atom stereocenters. The van der Waals surface area contributed by atoms with Crippen LogP contribution >= 0.6 is 0 Å². The molecule has 0 aliphatic rings. The first-order valence-corrected chi connectivity index (χ1v) is 6.96. The number of nitrogens with zero attached hydrogens (tertiary/aromatic N) is 5. The average molecular weight is 314 g/mol. The molecule has 1 N–H and O–H groups in total. The van der Waals surface area contributed by atoms with Crippen LogP contribution in [0.15, 0.2) is 41.1 Å². The summed E-state index contributed by atoms with van der Waals surface area (Å²) in [6, 6.07) is 8.30. The van der Waals surface area contributed by atoms with Gasteiger partial charge in [-0.1, -0.05) is 5.16 Å². The molecule has 1 aromatic carbocycles. The molecule has 9 nitrogen and oxygen atoms in total. The summed E-state index contributed by atoms with van der Waals surface area (Å²) in [6.07, 6.45) is 1.39. The third-order valence-corrected chi connectivity index (χ3v) is 3.07. The van der Waals surface area contributed by atoms with Gasteiger partial charge in [-0.3, -0.25) is 4.79 Å². The fourth-order valence-corrected chi connectivity index (χ4v) is 1.89. The lowest BCUT2D eigenvalue weighted by Crippen LogP contribution is -2.12. The minimum Gasteiger partial charge on any atom is -0.486 e. The SMILES string of the molecule is CCn1nnnc1COc1ccc(C(=O)Nc2ccon2)cc1. The number of hydrogen-bond acceptors (Lipinski definition) is 7. The maximum absolute atomic E-state index is 12.0. The zero-order valence-corrected chi connectivity index (χ0v) is 12.3. The Balaban J connectivity index is 1.59. The number of ether oxygens (including phenoxy) is 1. The summed E-state index contributed by atoms with van der Waals surface area (Å²) in [5, 5.41) is 17.5. The maximum Gasteiger partial charge on any atom is 0.256 e. The topological polar surface area (TPSA) is 108 Å². The molecule has 118 valence electrons. The van der Waals surface area contributed by atoms with Gasteiger partial charge in [0.15, 0.2) is 11.6 Å². The van der Waals surface area contributed by atoms with Gasteiger partial charge in [-0.2, -0.15) is 0 Å². The van der Waals surface area contributed by atoms with Gasteiger partial charge in [0.1, 0.15) is 18.6 Å². The fourth-order valence-electron chi connectivity index (χ4n) is 1.89. The monoisotopic (exact) mass is 314 g/mol. The lowest BCUT2D eigenvalue weighted by Gasteiger charge is -2.07. The van der Waals surface area contributed by atoms with Crippen molar-refractivity contribution in [3.05, 3.63) is 48.0 Å². The van der Waals surface area contributed by atoms with Crippen molar-refractivity contribution >= 4 is 11.7 Å². The lowest BCUT2D eigenvalue weighted by molar-refractivity contribution is 0.102. The number of nitrogens with one attached hydrogen (secondary N) is 1. The van der Waals surface area contributed by atoms with E-state index >= 15 is 0 Å². The van der Waals surface area contributed by atoms with Crippen LogP contribution in [0, 0.1) is 0 Å². The molecule has 0 unspecified atom stereocenters. The van der Waals surface area contributed by atoms with Gasteiger partial charge in [-0.15, -0.1) is 5.10 Å². The second kappa shape index (κ2) is 6.69. The van der Waals surface area contributed by atoms with E-state index in [-0.39, 0.29) is 12.5 Å². The molecule has 3 aromatic rings. The van der Waals surface area contributed by atoms with Crippen LogP contribution in [0.4, 0.5) is 5.82 Å². The van der Waals surface area contributed by atoms with E-state index in [1.54, 1.807) is 35.0 Å². The Morgan fingerprint density at radius 3 is 2.83 bits per heavy atom. The second-order valence-corrected chi connectivity index (χ2v) is 4.56. The fraction of sp³-hybridized carbons (Fsp3) is 0.214. The van der Waals surface area contributed by atoms with E-state index < -0.39 is 0 Å². The van der Waals surface area contributed by atoms with Gasteiger partial charge in [0, 0.05) is 18.2 Å². The summed E-state index contributed by atoms with van der Waals surface area (Å²) < 4.78 is 11.9. The van der Waals surface area contributed by atoms with Crippen molar-refractivity contribution in [3.8, 4) is 5.75 Å². The maximum atomic E-state index is 12.0. The minimum atomic E-state index is -0.277. The summed E-state index contributed by atoms with van der Waals surface area (Å²) in [5.41, 5.74) is 0.485. The van der Waals surface area contributed by atoms with Crippen LogP contribution in [-0.2, 0) is 13.2 Å². The van der Waals surface area contributed by atoms with Gasteiger partial charge in [0.25, 0.3) is 5.91 Å². The molecular weight excluding hydrogens is 300 g/mol. The van der Waals surface area contributed by atoms with Gasteiger partial charge in [-0.25, -0.2) is 4.68 Å². The van der Waals surface area contributed by atoms with Crippen LogP contribution in [0.5, 0.6) is 5.75 Å². The average Bonchev–Trinajstić information content (AvgIpc) is 3.24. The first-order chi connectivity index (χ1) is 11.3. The molecule has 0 aliphatic carbocycles. The zero-order chi connectivity index (χ0) is 16.1. The van der Waals surface area contributed by atoms with Crippen LogP contribution < -0.4 is 10.1 Å². The smallest absolute Gasteiger partial charge is 0.256 e. The first kappa shape index (κ1) is 14.7. The van der Waals surface area contributed by atoms with Crippen LogP contribution in [0.1, 0.15) is 23.1 Å². The first-order valence-electron chi connectivity index (χ1n) is 6.96. The quantitative estimate of drug-likeness (QED) is 0.734. The molecule has 0 bridgehead atoms. The highest BCUT2D eigenvalue weighted by Gasteiger charge is 2.09. The molecule has 2 heterocycles. The van der Waals surface area contributed by atoms with Gasteiger partial charge in [-0.05, 0) is 41.6 Å². The van der Waals surface area contributed by atoms with E-state index in [0.717, 1.165) is 0 Å². The zero-order valence-electron chi connectivity index (χ0n) is 12.3. The Morgan fingerprint density at radius 1 is 1.30 bits per heavy atom. The van der Waals surface area contributed by atoms with Crippen molar-refractivity contribution in [2.45, 2.75) is 20.1 Å². The summed E-state index contributed by atoms with van der Waals surface area (Å²) in [5.74, 6) is 1.34. The van der Waals surface area contributed by atoms with Gasteiger partial charge in [0.05, 0.1) is 0 Å². The number of aryl methyl sites for hydroxylation is 1. The Hall–Kier alpha value is -3.23. The summed E-state index contributed by atoms with van der Waals surface area (Å²) in [7, 11) is 0. The Morgan fingerprint density at radius 2 is 2.13 bits per heavy atom. The number of hydrogen-bond donors (Lipinski definition) is 1. The number of anilines is 1. The van der Waals surface area contributed by atoms with Crippen molar-refractivity contribution in [1.82, 2.24) is 25.4 Å². The summed E-state index contributed by atoms with van der Waals surface area (Å²) in [4.78, 5) is 12.0. The van der Waals surface area contributed by atoms with Gasteiger partial charge < -0.3 is 14.6 Å². The predicted molar refractivity (Wildman–Crippen MR) is 78.7 cm³/mol. The number of rotatable bonds is 6. The van der Waals surface area contributed by atoms with E-state index in [1.807, 2.05) is 6.92 Å². The van der Waals surface area contributed by atoms with E-state index in [4.69, 9.17) is 4.74 Å². The van der Waals surface area contributed by atoms with Crippen LogP contribution in [0.2, 0.25) is 0 Å². The number of carbonyl (C=O) groups excluding carboxylic acids is 1. The third kappa shape index (κ3) is 3.51. The standard InChI is InChI=1S/C14H14N6O3/c1-2-20-13(16-18-19-20)9-22-11-5-3-10(4-6-11)14(21)15-12-7-8-23-17-12/h3-8H,2,9H2,1H3,(H,15,17,21). The van der Waals surface area contributed by atoms with E-state index in [2.05, 4.69) is 30.5 Å². The van der Waals surface area contributed by atoms with Crippen molar-refractivity contribution in [1.29, 1.82) is 0 Å². The molecular formula is C14H14N6O3. The minimum absolute atomic E-state index is 0.255. The molecule has 0 saturated heterocycles. The number of amides is 1. The highest BCUT2D eigenvalue weighted by molar-refractivity contribution is 6.03. The van der Waals surface area contributed by atoms with Crippen molar-refractivity contribution in [2.75, 3.05) is 5.32 Å². The van der Waals surface area contributed by atoms with E-state index in [9.17, 15) is 4.79 Å². The number of tetrazole rings is 1. The molecule has 0 spiro atoms. The number of benzene rings is 1. The van der Waals surface area contributed by atoms with Crippen molar-refractivity contribution in [2.24, 2.45) is 0 Å². The largest absolute Gasteiger partial charge is 0.486 e. The van der Waals surface area contributed by atoms with Crippen LogP contribution in [0.3, 0.4) is 0 Å². The van der Waals surface area contributed by atoms with Crippen LogP contribution in [0.25, 0.3) is 0 Å². The molecule has 0 fully saturated rings. The number of aromatic nitrogens is 5. The third-order valence-electron chi connectivity index (χ3n) is 3.07. The lowest BCUT2D eigenvalue weighted by atomic mass is 10.2. The number of carbonyl (C=O) groups is 1. The molecule has 1 amide bonds. The summed E-state index contributed by atoms with van der Waals surface area (Å²) >= 11 is 0. The molecule has 9 heteroatoms. The molecule has 23 heavy (non-hydrogen) atoms. The van der Waals surface area contributed by atoms with Gasteiger partial charge >= 0.3 is 0 Å². The van der Waals surface area contributed by atoms with Crippen molar-refractivity contribution < 1.29 is 14.1 Å². The Labute approximate surface area is 131 Å². The predicted octanol–water partition coefficient (Wildman–Crippen LogP) is 1.51. The Bertz CT molecular complexity index is 766. The molecule has 0 radical (unpaired) electrons. The van der Waals surface area contributed by atoms with E-state index in [1.165, 1.54) is 6.26 Å². The molecule has 3 rings (SSSR count). The highest BCUT2D eigenvalue weighted by atomic mass is 16.5. The Kier molecular flexibility index (Phi) is 4.27. The van der Waals surface area contributed by atoms with Crippen molar-refractivity contribution in [3.63, 3.8) is 0 Å². The highest BCUT2D eigenvalue weighted by Crippen LogP contribution is 2.14.